The van der Waals surface area contributed by atoms with Gasteiger partial charge in [-0.1, -0.05) is 375 Å². The summed E-state index contributed by atoms with van der Waals surface area (Å²) < 4.78 is 34.9. The Morgan fingerprint density at radius 1 is 0.298 bits per heavy atom. The molecule has 9 nitrogen and oxygen atoms in total. The number of hydrogen-bond acceptors (Lipinski definition) is 7. The number of nitrogens with zero attached hydrogens (tertiary/aromatic N) is 1. The first-order valence-electron chi connectivity index (χ1n) is 42.2. The molecule has 2 atom stereocenters. The molecule has 1 N–H and O–H groups in total. The van der Waals surface area contributed by atoms with Crippen LogP contribution >= 0.6 is 7.82 Å². The summed E-state index contributed by atoms with van der Waals surface area (Å²) in [5.41, 5.74) is 0. The summed E-state index contributed by atoms with van der Waals surface area (Å²) in [7, 11) is 1.47. The molecule has 0 amide bonds. The molecular formula is C94H157NO8P+. The van der Waals surface area contributed by atoms with Crippen molar-refractivity contribution in [2.24, 2.45) is 0 Å². The van der Waals surface area contributed by atoms with Crippen molar-refractivity contribution >= 4 is 19.8 Å². The third-order valence-electron chi connectivity index (χ3n) is 17.6. The number of carbonyl (C=O) groups is 2. The number of carbonyl (C=O) groups excluding carboxylic acids is 2. The minimum Gasteiger partial charge on any atom is -0.462 e. The van der Waals surface area contributed by atoms with E-state index in [0.29, 0.717) is 17.4 Å². The van der Waals surface area contributed by atoms with Crippen LogP contribution in [0.15, 0.2) is 194 Å². The first-order valence-corrected chi connectivity index (χ1v) is 43.7. The molecule has 0 heterocycles. The maximum absolute atomic E-state index is 12.9. The van der Waals surface area contributed by atoms with Gasteiger partial charge in [-0.25, -0.2) is 4.57 Å². The van der Waals surface area contributed by atoms with E-state index in [1.165, 1.54) is 161 Å². The molecule has 0 saturated carbocycles. The number of unbranched alkanes of at least 4 members (excludes halogenated alkanes) is 30. The number of hydrogen-bond donors (Lipinski definition) is 1. The molecule has 590 valence electrons. The summed E-state index contributed by atoms with van der Waals surface area (Å²) in [6, 6.07) is 0. The molecule has 0 spiro atoms. The normalized spacial score (nSPS) is 14.0. The van der Waals surface area contributed by atoms with Gasteiger partial charge in [0.1, 0.15) is 19.8 Å². The fraction of sp³-hybridized carbons (Fsp3) is 0.638. The van der Waals surface area contributed by atoms with Crippen LogP contribution in [-0.4, -0.2) is 74.9 Å². The molecule has 0 bridgehead atoms. The van der Waals surface area contributed by atoms with Gasteiger partial charge in [0.2, 0.25) is 0 Å². The lowest BCUT2D eigenvalue weighted by molar-refractivity contribution is -0.870. The van der Waals surface area contributed by atoms with Crippen LogP contribution in [0.25, 0.3) is 0 Å². The molecule has 10 heteroatoms. The van der Waals surface area contributed by atoms with Crippen molar-refractivity contribution < 1.29 is 42.1 Å². The number of esters is 2. The van der Waals surface area contributed by atoms with Gasteiger partial charge in [-0.3, -0.25) is 18.6 Å². The number of phosphoric acid groups is 1. The summed E-state index contributed by atoms with van der Waals surface area (Å²) in [6.45, 7) is 4.22. The van der Waals surface area contributed by atoms with Crippen LogP contribution in [0.1, 0.15) is 335 Å². The summed E-state index contributed by atoms with van der Waals surface area (Å²) in [6.07, 6.45) is 127. The fourth-order valence-corrected chi connectivity index (χ4v) is 12.0. The Labute approximate surface area is 641 Å². The Bertz CT molecular complexity index is 2470. The van der Waals surface area contributed by atoms with Gasteiger partial charge in [0.05, 0.1) is 27.7 Å². The van der Waals surface area contributed by atoms with E-state index >= 15 is 0 Å². The van der Waals surface area contributed by atoms with E-state index in [-0.39, 0.29) is 32.0 Å². The van der Waals surface area contributed by atoms with Gasteiger partial charge in [0.15, 0.2) is 6.10 Å². The van der Waals surface area contributed by atoms with Crippen molar-refractivity contribution in [2.45, 2.75) is 341 Å². The van der Waals surface area contributed by atoms with Gasteiger partial charge in [0.25, 0.3) is 0 Å². The highest BCUT2D eigenvalue weighted by Crippen LogP contribution is 2.43. The summed E-state index contributed by atoms with van der Waals surface area (Å²) in [5, 5.41) is 0. The Morgan fingerprint density at radius 3 is 0.769 bits per heavy atom. The van der Waals surface area contributed by atoms with E-state index in [1.54, 1.807) is 0 Å². The van der Waals surface area contributed by atoms with Gasteiger partial charge in [-0.2, -0.15) is 0 Å². The zero-order chi connectivity index (χ0) is 75.4. The molecule has 104 heavy (non-hydrogen) atoms. The summed E-state index contributed by atoms with van der Waals surface area (Å²) in [4.78, 5) is 36.0. The Kier molecular flexibility index (Phi) is 77.9. The van der Waals surface area contributed by atoms with E-state index in [9.17, 15) is 19.0 Å². The lowest BCUT2D eigenvalue weighted by Crippen LogP contribution is -2.37. The van der Waals surface area contributed by atoms with Crippen molar-refractivity contribution in [1.82, 2.24) is 0 Å². The second-order valence-corrected chi connectivity index (χ2v) is 30.2. The average Bonchev–Trinajstić information content (AvgIpc) is 0.920. The van der Waals surface area contributed by atoms with Crippen molar-refractivity contribution in [1.29, 1.82) is 0 Å². The van der Waals surface area contributed by atoms with Gasteiger partial charge in [-0.05, 0) is 141 Å². The predicted octanol–water partition coefficient (Wildman–Crippen LogP) is 28.7. The van der Waals surface area contributed by atoms with Crippen LogP contribution < -0.4 is 0 Å². The number of likely N-dealkylation sites (N-methyl/N-ethyl adjacent to an activating group) is 1. The molecule has 0 aliphatic heterocycles. The van der Waals surface area contributed by atoms with Crippen LogP contribution in [0.4, 0.5) is 0 Å². The zero-order valence-electron chi connectivity index (χ0n) is 67.4. The van der Waals surface area contributed by atoms with E-state index < -0.39 is 26.5 Å². The van der Waals surface area contributed by atoms with Gasteiger partial charge >= 0.3 is 19.8 Å². The van der Waals surface area contributed by atoms with Gasteiger partial charge in [0, 0.05) is 12.8 Å². The van der Waals surface area contributed by atoms with Crippen LogP contribution in [0.3, 0.4) is 0 Å². The largest absolute Gasteiger partial charge is 0.472 e. The zero-order valence-corrected chi connectivity index (χ0v) is 68.3. The Hall–Kier alpha value is -5.15. The summed E-state index contributed by atoms with van der Waals surface area (Å²) >= 11 is 0. The standard InChI is InChI=1S/C94H156NO8P/c1-6-8-10-12-14-16-18-20-22-24-26-28-30-32-34-36-38-40-42-44-46-47-49-51-53-55-57-59-61-63-65-67-69-71-73-75-77-79-81-83-85-87-94(97)103-92(91-102-104(98,99)101-89-88-95(3,4)5)90-100-93(96)86-84-82-80-78-76-74-72-70-68-66-64-62-60-58-56-54-52-50-48-45-43-41-39-37-35-33-31-29-27-25-23-21-19-17-15-13-11-9-7-2/h8-11,14-17,20-23,26-29,32-35,38-41,44-46,48-49,51,55,57,92H,6-7,12-13,18-19,24-25,30-31,36-37,42-43,47,50,52-54,56,58-91H2,1-5H3/p+1/b10-8-,11-9-,16-14-,17-15-,22-20-,23-21-,28-26-,29-27-,34-32-,35-33-,40-38-,41-39-,46-44-,48-45-,51-49-,57-55-. The maximum atomic E-state index is 12.9. The molecule has 0 aromatic rings. The van der Waals surface area contributed by atoms with Crippen molar-refractivity contribution in [2.75, 3.05) is 47.5 Å². The number of rotatable bonds is 76. The minimum absolute atomic E-state index is 0.0251. The first-order chi connectivity index (χ1) is 51.0. The smallest absolute Gasteiger partial charge is 0.462 e. The van der Waals surface area contributed by atoms with Crippen molar-refractivity contribution in [3.05, 3.63) is 194 Å². The molecule has 2 unspecified atom stereocenters. The minimum atomic E-state index is -4.41. The highest BCUT2D eigenvalue weighted by atomic mass is 31.2. The summed E-state index contributed by atoms with van der Waals surface area (Å²) in [5.74, 6) is -0.797. The van der Waals surface area contributed by atoms with E-state index in [4.69, 9.17) is 18.5 Å². The third kappa shape index (κ3) is 85.8. The molecule has 0 aliphatic carbocycles. The first kappa shape index (κ1) is 98.8. The number of allylic oxidation sites excluding steroid dienone is 32. The predicted molar refractivity (Wildman–Crippen MR) is 454 cm³/mol. The van der Waals surface area contributed by atoms with Gasteiger partial charge in [-0.15, -0.1) is 0 Å². The van der Waals surface area contributed by atoms with Crippen LogP contribution in [0.5, 0.6) is 0 Å². The lowest BCUT2D eigenvalue weighted by Gasteiger charge is -2.24. The monoisotopic (exact) mass is 1460 g/mol. The number of ether oxygens (including phenoxy) is 2. The second kappa shape index (κ2) is 81.9. The van der Waals surface area contributed by atoms with Crippen LogP contribution in [0, 0.1) is 0 Å². The van der Waals surface area contributed by atoms with E-state index in [0.717, 1.165) is 141 Å². The Balaban J connectivity index is 4.00. The van der Waals surface area contributed by atoms with Gasteiger partial charge < -0.3 is 18.9 Å². The SMILES string of the molecule is CC/C=C\C/C=C\C/C=C\C/C=C\C/C=C\C/C=C\C/C=C\C/C=C\C/C=C\CCCCCCCCCCCCCCCC(=O)OC(COC(=O)CCCCCCCCCCCCCCCCCCC/C=C\C/C=C\C/C=C\C/C=C\C/C=C\C/C=C\C/C=C\CC)COP(=O)(O)OCC[N+](C)(C)C. The topological polar surface area (TPSA) is 108 Å². The molecular weight excluding hydrogens is 1300 g/mol. The average molecular weight is 1460 g/mol. The third-order valence-corrected chi connectivity index (χ3v) is 18.6. The second-order valence-electron chi connectivity index (χ2n) is 28.7. The molecule has 0 fully saturated rings. The van der Waals surface area contributed by atoms with Crippen LogP contribution in [0.2, 0.25) is 0 Å². The quantitative estimate of drug-likeness (QED) is 0.0211. The van der Waals surface area contributed by atoms with Crippen molar-refractivity contribution in [3.63, 3.8) is 0 Å². The lowest BCUT2D eigenvalue weighted by atomic mass is 10.0. The molecule has 0 rings (SSSR count). The molecule has 0 aromatic heterocycles. The maximum Gasteiger partial charge on any atom is 0.472 e. The number of quaternary nitrogens is 1. The molecule has 0 radical (unpaired) electrons. The highest BCUT2D eigenvalue weighted by Gasteiger charge is 2.27. The highest BCUT2D eigenvalue weighted by molar-refractivity contribution is 7.47. The molecule has 0 saturated heterocycles. The molecule has 0 aliphatic rings. The van der Waals surface area contributed by atoms with Crippen molar-refractivity contribution in [3.8, 4) is 0 Å². The van der Waals surface area contributed by atoms with Crippen LogP contribution in [-0.2, 0) is 32.7 Å². The Morgan fingerprint density at radius 2 is 0.519 bits per heavy atom. The van der Waals surface area contributed by atoms with E-state index in [1.807, 2.05) is 21.1 Å². The number of phosphoric ester groups is 1. The fourth-order valence-electron chi connectivity index (χ4n) is 11.3. The van der Waals surface area contributed by atoms with E-state index in [2.05, 4.69) is 208 Å². The molecule has 0 aromatic carbocycles.